The second-order valence-electron chi connectivity index (χ2n) is 8.35. The molecule has 1 N–H and O–H groups in total. The summed E-state index contributed by atoms with van der Waals surface area (Å²) >= 11 is 0. The standard InChI is InChI=1S/C23H30FN3O4S/c1-16-14-27(15-17(2)31-16)32(29,30)21-10-6-8-19(12-21)23(28)25-13-22(26(3)4)18-7-5-9-20(24)11-18/h5-12,16-17,22H,13-15H2,1-4H3,(H,25,28). The number of carbonyl (C=O) groups is 1. The van der Waals surface area contributed by atoms with Gasteiger partial charge in [0.1, 0.15) is 5.82 Å². The molecule has 3 rings (SSSR count). The topological polar surface area (TPSA) is 79.0 Å². The van der Waals surface area contributed by atoms with Crippen molar-refractivity contribution in [1.82, 2.24) is 14.5 Å². The summed E-state index contributed by atoms with van der Waals surface area (Å²) in [6.07, 6.45) is -0.406. The van der Waals surface area contributed by atoms with E-state index in [2.05, 4.69) is 5.32 Å². The van der Waals surface area contributed by atoms with Crippen molar-refractivity contribution in [2.24, 2.45) is 0 Å². The average molecular weight is 464 g/mol. The Hall–Kier alpha value is -2.33. The molecule has 1 heterocycles. The third kappa shape index (κ3) is 5.72. The van der Waals surface area contributed by atoms with Gasteiger partial charge in [-0.2, -0.15) is 4.31 Å². The number of hydrogen-bond donors (Lipinski definition) is 1. The van der Waals surface area contributed by atoms with Crippen LogP contribution in [0.4, 0.5) is 4.39 Å². The van der Waals surface area contributed by atoms with E-state index in [-0.39, 0.29) is 54.2 Å². The van der Waals surface area contributed by atoms with Gasteiger partial charge in [-0.15, -0.1) is 0 Å². The highest BCUT2D eigenvalue weighted by atomic mass is 32.2. The first-order valence-electron chi connectivity index (χ1n) is 10.5. The van der Waals surface area contributed by atoms with Crippen LogP contribution in [0.1, 0.15) is 35.8 Å². The maximum Gasteiger partial charge on any atom is 0.251 e. The van der Waals surface area contributed by atoms with E-state index in [1.807, 2.05) is 32.8 Å². The smallest absolute Gasteiger partial charge is 0.251 e. The van der Waals surface area contributed by atoms with Crippen LogP contribution < -0.4 is 5.32 Å². The highest BCUT2D eigenvalue weighted by molar-refractivity contribution is 7.89. The fourth-order valence-electron chi connectivity index (χ4n) is 3.88. The molecule has 1 aliphatic rings. The number of ether oxygens (including phenoxy) is 1. The Morgan fingerprint density at radius 1 is 1.16 bits per heavy atom. The number of amides is 1. The molecule has 0 spiro atoms. The fourth-order valence-corrected chi connectivity index (χ4v) is 5.51. The molecule has 0 bridgehead atoms. The number of morpholine rings is 1. The highest BCUT2D eigenvalue weighted by Gasteiger charge is 2.32. The molecule has 1 aliphatic heterocycles. The van der Waals surface area contributed by atoms with Gasteiger partial charge in [-0.05, 0) is 63.8 Å². The molecule has 1 saturated heterocycles. The molecule has 0 aliphatic carbocycles. The van der Waals surface area contributed by atoms with E-state index in [1.54, 1.807) is 24.3 Å². The van der Waals surface area contributed by atoms with Gasteiger partial charge in [0.15, 0.2) is 0 Å². The lowest BCUT2D eigenvalue weighted by Gasteiger charge is -2.34. The normalized spacial score (nSPS) is 20.8. The lowest BCUT2D eigenvalue weighted by atomic mass is 10.1. The zero-order chi connectivity index (χ0) is 23.5. The number of carbonyl (C=O) groups excluding carboxylic acids is 1. The molecule has 0 saturated carbocycles. The van der Waals surface area contributed by atoms with Crippen LogP contribution in [0.15, 0.2) is 53.4 Å². The minimum Gasteiger partial charge on any atom is -0.373 e. The Kier molecular flexibility index (Phi) is 7.66. The largest absolute Gasteiger partial charge is 0.373 e. The van der Waals surface area contributed by atoms with E-state index in [4.69, 9.17) is 4.74 Å². The fraction of sp³-hybridized carbons (Fsp3) is 0.435. The van der Waals surface area contributed by atoms with Crippen LogP contribution in [-0.4, -0.2) is 69.5 Å². The molecular formula is C23H30FN3O4S. The Morgan fingerprint density at radius 3 is 2.44 bits per heavy atom. The SMILES string of the molecule is CC1CN(S(=O)(=O)c2cccc(C(=O)NCC(c3cccc(F)c3)N(C)C)c2)CC(C)O1. The van der Waals surface area contributed by atoms with Crippen LogP contribution in [0.2, 0.25) is 0 Å². The molecule has 3 atom stereocenters. The molecule has 0 radical (unpaired) electrons. The highest BCUT2D eigenvalue weighted by Crippen LogP contribution is 2.22. The maximum atomic E-state index is 13.6. The van der Waals surface area contributed by atoms with Crippen LogP contribution >= 0.6 is 0 Å². The number of hydrogen-bond acceptors (Lipinski definition) is 5. The first-order valence-corrected chi connectivity index (χ1v) is 12.0. The van der Waals surface area contributed by atoms with Crippen molar-refractivity contribution >= 4 is 15.9 Å². The average Bonchev–Trinajstić information content (AvgIpc) is 2.73. The van der Waals surface area contributed by atoms with Crippen LogP contribution in [0.5, 0.6) is 0 Å². The van der Waals surface area contributed by atoms with Gasteiger partial charge < -0.3 is 15.0 Å². The molecule has 32 heavy (non-hydrogen) atoms. The van der Waals surface area contributed by atoms with Gasteiger partial charge in [0, 0.05) is 25.2 Å². The quantitative estimate of drug-likeness (QED) is 0.683. The summed E-state index contributed by atoms with van der Waals surface area (Å²) in [6.45, 7) is 4.44. The van der Waals surface area contributed by atoms with E-state index in [1.165, 1.54) is 28.6 Å². The van der Waals surface area contributed by atoms with Crippen LogP contribution in [0.3, 0.4) is 0 Å². The molecule has 2 aromatic rings. The number of nitrogens with one attached hydrogen (secondary N) is 1. The van der Waals surface area contributed by atoms with Crippen molar-refractivity contribution in [1.29, 1.82) is 0 Å². The van der Waals surface area contributed by atoms with Gasteiger partial charge in [-0.25, -0.2) is 12.8 Å². The number of benzene rings is 2. The zero-order valence-corrected chi connectivity index (χ0v) is 19.6. The Morgan fingerprint density at radius 2 is 1.81 bits per heavy atom. The predicted octanol–water partition coefficient (Wildman–Crippen LogP) is 2.66. The monoisotopic (exact) mass is 463 g/mol. The van der Waals surface area contributed by atoms with Crippen LogP contribution in [0.25, 0.3) is 0 Å². The van der Waals surface area contributed by atoms with Crippen molar-refractivity contribution in [3.8, 4) is 0 Å². The maximum absolute atomic E-state index is 13.6. The van der Waals surface area contributed by atoms with Gasteiger partial charge in [-0.3, -0.25) is 4.79 Å². The molecule has 174 valence electrons. The lowest BCUT2D eigenvalue weighted by Crippen LogP contribution is -2.48. The second kappa shape index (κ2) is 10.1. The van der Waals surface area contributed by atoms with Crippen molar-refractivity contribution in [2.75, 3.05) is 33.7 Å². The van der Waals surface area contributed by atoms with E-state index in [0.717, 1.165) is 5.56 Å². The van der Waals surface area contributed by atoms with Gasteiger partial charge in [0.2, 0.25) is 10.0 Å². The first-order chi connectivity index (χ1) is 15.1. The van der Waals surface area contributed by atoms with Crippen LogP contribution in [-0.2, 0) is 14.8 Å². The Balaban J connectivity index is 1.75. The third-order valence-corrected chi connectivity index (χ3v) is 7.26. The van der Waals surface area contributed by atoms with E-state index in [9.17, 15) is 17.6 Å². The number of likely N-dealkylation sites (N-methyl/N-ethyl adjacent to an activating group) is 1. The number of halogens is 1. The van der Waals surface area contributed by atoms with Gasteiger partial charge in [0.05, 0.1) is 23.1 Å². The van der Waals surface area contributed by atoms with Crippen molar-refractivity contribution in [3.05, 3.63) is 65.5 Å². The zero-order valence-electron chi connectivity index (χ0n) is 18.8. The summed E-state index contributed by atoms with van der Waals surface area (Å²) in [5, 5.41) is 2.84. The van der Waals surface area contributed by atoms with Crippen molar-refractivity contribution in [2.45, 2.75) is 37.0 Å². The molecule has 1 amide bonds. The van der Waals surface area contributed by atoms with E-state index in [0.29, 0.717) is 0 Å². The summed E-state index contributed by atoms with van der Waals surface area (Å²) in [7, 11) is -0.0600. The Bertz CT molecular complexity index is 1050. The summed E-state index contributed by atoms with van der Waals surface area (Å²) in [5.74, 6) is -0.737. The first kappa shape index (κ1) is 24.3. The minimum atomic E-state index is -3.75. The lowest BCUT2D eigenvalue weighted by molar-refractivity contribution is -0.0440. The molecular weight excluding hydrogens is 433 g/mol. The summed E-state index contributed by atoms with van der Waals surface area (Å²) in [5.41, 5.74) is 0.986. The summed E-state index contributed by atoms with van der Waals surface area (Å²) in [4.78, 5) is 14.8. The van der Waals surface area contributed by atoms with E-state index < -0.39 is 15.9 Å². The number of nitrogens with zero attached hydrogens (tertiary/aromatic N) is 2. The van der Waals surface area contributed by atoms with Crippen LogP contribution in [0, 0.1) is 5.82 Å². The van der Waals surface area contributed by atoms with Gasteiger partial charge in [-0.1, -0.05) is 18.2 Å². The van der Waals surface area contributed by atoms with Crippen molar-refractivity contribution < 1.29 is 22.3 Å². The number of rotatable bonds is 7. The second-order valence-corrected chi connectivity index (χ2v) is 10.3. The van der Waals surface area contributed by atoms with Crippen molar-refractivity contribution in [3.63, 3.8) is 0 Å². The number of sulfonamides is 1. The molecule has 7 nitrogen and oxygen atoms in total. The molecule has 1 fully saturated rings. The summed E-state index contributed by atoms with van der Waals surface area (Å²) < 4.78 is 46.9. The molecule has 0 aromatic heterocycles. The molecule has 2 aromatic carbocycles. The predicted molar refractivity (Wildman–Crippen MR) is 120 cm³/mol. The van der Waals surface area contributed by atoms with Gasteiger partial charge >= 0.3 is 0 Å². The Labute approximate surface area is 189 Å². The molecule has 3 unspecified atom stereocenters. The third-order valence-electron chi connectivity index (χ3n) is 5.43. The van der Waals surface area contributed by atoms with Gasteiger partial charge in [0.25, 0.3) is 5.91 Å². The molecule has 9 heteroatoms. The van der Waals surface area contributed by atoms with E-state index >= 15 is 0 Å². The minimum absolute atomic E-state index is 0.0701. The summed E-state index contributed by atoms with van der Waals surface area (Å²) in [6, 6.07) is 12.0.